The van der Waals surface area contributed by atoms with E-state index < -0.39 is 0 Å². The van der Waals surface area contributed by atoms with Gasteiger partial charge in [-0.15, -0.1) is 0 Å². The summed E-state index contributed by atoms with van der Waals surface area (Å²) >= 11 is 7.60. The number of thiocarbonyl (C=S) groups is 1. The fourth-order valence-electron chi connectivity index (χ4n) is 4.07. The van der Waals surface area contributed by atoms with Gasteiger partial charge in [0, 0.05) is 21.9 Å². The lowest BCUT2D eigenvalue weighted by molar-refractivity contribution is 0.213. The van der Waals surface area contributed by atoms with E-state index in [9.17, 15) is 0 Å². The average molecular weight is 442 g/mol. The first-order valence-electron chi connectivity index (χ1n) is 11.2. The van der Waals surface area contributed by atoms with E-state index in [4.69, 9.17) is 12.2 Å². The molecular formula is C25H35N3S2. The molecule has 0 bridgehead atoms. The van der Waals surface area contributed by atoms with Crippen molar-refractivity contribution in [2.75, 3.05) is 24.5 Å². The first-order valence-corrected chi connectivity index (χ1v) is 12.4. The molecule has 0 amide bonds. The number of benzene rings is 2. The molecule has 0 fully saturated rings. The van der Waals surface area contributed by atoms with E-state index in [0.29, 0.717) is 12.1 Å². The van der Waals surface area contributed by atoms with E-state index in [2.05, 4.69) is 92.2 Å². The van der Waals surface area contributed by atoms with Crippen LogP contribution < -0.4 is 10.2 Å². The molecule has 0 radical (unpaired) electrons. The molecule has 162 valence electrons. The van der Waals surface area contributed by atoms with E-state index in [1.807, 2.05) is 11.8 Å². The van der Waals surface area contributed by atoms with Crippen molar-refractivity contribution >= 4 is 40.3 Å². The Bertz CT molecular complexity index is 861. The fourth-order valence-corrected chi connectivity index (χ4v) is 5.35. The molecule has 1 heterocycles. The highest BCUT2D eigenvalue weighted by molar-refractivity contribution is 7.99. The van der Waals surface area contributed by atoms with Gasteiger partial charge in [-0.2, -0.15) is 0 Å². The molecule has 1 N–H and O–H groups in total. The second kappa shape index (κ2) is 10.7. The molecule has 3 rings (SSSR count). The topological polar surface area (TPSA) is 18.5 Å². The van der Waals surface area contributed by atoms with Crippen molar-refractivity contribution in [3.63, 3.8) is 0 Å². The van der Waals surface area contributed by atoms with Gasteiger partial charge in [-0.05, 0) is 56.1 Å². The number of fused-ring (bicyclic) bond motifs is 2. The van der Waals surface area contributed by atoms with Gasteiger partial charge >= 0.3 is 0 Å². The molecule has 0 saturated carbocycles. The van der Waals surface area contributed by atoms with Crippen LogP contribution in [-0.2, 0) is 0 Å². The predicted molar refractivity (Wildman–Crippen MR) is 135 cm³/mol. The molecule has 0 aromatic heterocycles. The van der Waals surface area contributed by atoms with Crippen LogP contribution in [-0.4, -0.2) is 35.7 Å². The average Bonchev–Trinajstić information content (AvgIpc) is 2.75. The summed E-state index contributed by atoms with van der Waals surface area (Å²) in [5, 5.41) is 3.46. The maximum Gasteiger partial charge on any atom is 0.106 e. The maximum absolute atomic E-state index is 5.74. The van der Waals surface area contributed by atoms with Crippen LogP contribution in [0.25, 0.3) is 0 Å². The highest BCUT2D eigenvalue weighted by Crippen LogP contribution is 2.49. The number of hydrogen-bond donors (Lipinski definition) is 1. The normalized spacial score (nSPS) is 13.9. The molecule has 1 aliphatic heterocycles. The summed E-state index contributed by atoms with van der Waals surface area (Å²) in [4.78, 5) is 8.55. The minimum Gasteiger partial charge on any atom is -0.376 e. The third kappa shape index (κ3) is 5.01. The van der Waals surface area contributed by atoms with E-state index in [1.165, 1.54) is 21.2 Å². The van der Waals surface area contributed by atoms with Crippen LogP contribution in [0.1, 0.15) is 53.0 Å². The van der Waals surface area contributed by atoms with Gasteiger partial charge in [0.05, 0.1) is 17.5 Å². The molecule has 1 unspecified atom stereocenters. The first-order chi connectivity index (χ1) is 14.5. The van der Waals surface area contributed by atoms with Crippen molar-refractivity contribution in [1.29, 1.82) is 0 Å². The predicted octanol–water partition coefficient (Wildman–Crippen LogP) is 6.68. The fraction of sp³-hybridized carbons (Fsp3) is 0.480. The lowest BCUT2D eigenvalue weighted by Crippen LogP contribution is -2.46. The van der Waals surface area contributed by atoms with Gasteiger partial charge in [-0.25, -0.2) is 0 Å². The van der Waals surface area contributed by atoms with Crippen molar-refractivity contribution in [2.45, 2.75) is 63.4 Å². The van der Waals surface area contributed by atoms with E-state index >= 15 is 0 Å². The Morgan fingerprint density at radius 3 is 2.40 bits per heavy atom. The smallest absolute Gasteiger partial charge is 0.106 e. The van der Waals surface area contributed by atoms with Gasteiger partial charge in [0.15, 0.2) is 0 Å². The van der Waals surface area contributed by atoms with Crippen LogP contribution in [0.15, 0.2) is 52.3 Å². The second-order valence-electron chi connectivity index (χ2n) is 8.17. The van der Waals surface area contributed by atoms with Gasteiger partial charge in [0.25, 0.3) is 0 Å². The SMILES string of the molecule is CCC(N(CC)CC)N1c2ccccc2Sc2ccc(C(=S)NCCC(C)C)cc21. The molecule has 1 aliphatic rings. The van der Waals surface area contributed by atoms with Crippen molar-refractivity contribution in [3.8, 4) is 0 Å². The van der Waals surface area contributed by atoms with E-state index in [-0.39, 0.29) is 0 Å². The monoisotopic (exact) mass is 441 g/mol. The lowest BCUT2D eigenvalue weighted by Gasteiger charge is -2.43. The molecular weight excluding hydrogens is 406 g/mol. The van der Waals surface area contributed by atoms with E-state index in [0.717, 1.165) is 43.0 Å². The number of nitrogens with one attached hydrogen (secondary N) is 1. The summed E-state index contributed by atoms with van der Waals surface area (Å²) in [5.41, 5.74) is 3.67. The third-order valence-corrected chi connectivity index (χ3v) is 7.24. The Labute approximate surface area is 192 Å². The standard InChI is InChI=1S/C25H35N3S2/c1-6-24(27(7-2)8-3)28-20-11-9-10-12-22(20)30-23-14-13-19(17-21(23)28)25(29)26-16-15-18(4)5/h9-14,17-18,24H,6-8,15-16H2,1-5H3,(H,26,29). The van der Waals surface area contributed by atoms with Crippen LogP contribution in [0, 0.1) is 5.92 Å². The highest BCUT2D eigenvalue weighted by atomic mass is 32.2. The number of para-hydroxylation sites is 1. The van der Waals surface area contributed by atoms with Crippen molar-refractivity contribution in [2.24, 2.45) is 5.92 Å². The second-order valence-corrected chi connectivity index (χ2v) is 9.66. The summed E-state index contributed by atoms with van der Waals surface area (Å²) in [6.45, 7) is 14.3. The number of anilines is 2. The van der Waals surface area contributed by atoms with Gasteiger partial charge in [0.2, 0.25) is 0 Å². The lowest BCUT2D eigenvalue weighted by atomic mass is 10.1. The zero-order valence-corrected chi connectivity index (χ0v) is 20.6. The number of hydrogen-bond acceptors (Lipinski definition) is 4. The van der Waals surface area contributed by atoms with Crippen LogP contribution in [0.2, 0.25) is 0 Å². The molecule has 0 aliphatic carbocycles. The Morgan fingerprint density at radius 2 is 1.73 bits per heavy atom. The molecule has 2 aromatic rings. The van der Waals surface area contributed by atoms with Crippen LogP contribution in [0.3, 0.4) is 0 Å². The first kappa shape index (κ1) is 23.1. The summed E-state index contributed by atoms with van der Waals surface area (Å²) in [7, 11) is 0. The molecule has 1 atom stereocenters. The highest BCUT2D eigenvalue weighted by Gasteiger charge is 2.31. The minimum atomic E-state index is 0.318. The van der Waals surface area contributed by atoms with E-state index in [1.54, 1.807) is 0 Å². The zero-order valence-electron chi connectivity index (χ0n) is 18.9. The quantitative estimate of drug-likeness (QED) is 0.436. The Hall–Kier alpha value is -1.56. The zero-order chi connectivity index (χ0) is 21.7. The Balaban J connectivity index is 2.00. The molecule has 0 saturated heterocycles. The third-order valence-electron chi connectivity index (χ3n) is 5.73. The molecule has 0 spiro atoms. The van der Waals surface area contributed by atoms with Gasteiger partial charge < -0.3 is 10.2 Å². The van der Waals surface area contributed by atoms with Gasteiger partial charge in [-0.1, -0.05) is 76.8 Å². The number of rotatable bonds is 9. The van der Waals surface area contributed by atoms with Crippen LogP contribution in [0.5, 0.6) is 0 Å². The molecule has 2 aromatic carbocycles. The Morgan fingerprint density at radius 1 is 1.03 bits per heavy atom. The number of nitrogens with zero attached hydrogens (tertiary/aromatic N) is 2. The Kier molecular flexibility index (Phi) is 8.20. The molecule has 5 heteroatoms. The van der Waals surface area contributed by atoms with Gasteiger partial charge in [-0.3, -0.25) is 4.90 Å². The summed E-state index contributed by atoms with van der Waals surface area (Å²) < 4.78 is 0. The summed E-state index contributed by atoms with van der Waals surface area (Å²) in [6.07, 6.45) is 2.50. The van der Waals surface area contributed by atoms with Crippen molar-refractivity contribution < 1.29 is 0 Å². The van der Waals surface area contributed by atoms with Crippen molar-refractivity contribution in [1.82, 2.24) is 10.2 Å². The molecule has 30 heavy (non-hydrogen) atoms. The molecule has 3 nitrogen and oxygen atoms in total. The summed E-state index contributed by atoms with van der Waals surface area (Å²) in [5.74, 6) is 0.673. The largest absolute Gasteiger partial charge is 0.376 e. The maximum atomic E-state index is 5.74. The van der Waals surface area contributed by atoms with Crippen LogP contribution >= 0.6 is 24.0 Å². The van der Waals surface area contributed by atoms with Crippen LogP contribution in [0.4, 0.5) is 11.4 Å². The van der Waals surface area contributed by atoms with Gasteiger partial charge in [0.1, 0.15) is 4.99 Å². The summed E-state index contributed by atoms with van der Waals surface area (Å²) in [6, 6.07) is 15.5. The van der Waals surface area contributed by atoms with Crippen molar-refractivity contribution in [3.05, 3.63) is 48.0 Å². The minimum absolute atomic E-state index is 0.318.